The summed E-state index contributed by atoms with van der Waals surface area (Å²) in [5.41, 5.74) is 3.60. The Morgan fingerprint density at radius 2 is 0.552 bits per heavy atom. The van der Waals surface area contributed by atoms with E-state index in [-0.39, 0.29) is 37.0 Å². The number of alkyl halides is 6. The van der Waals surface area contributed by atoms with Crippen molar-refractivity contribution in [1.29, 1.82) is 0 Å². The molecule has 22 rings (SSSR count). The molecule has 0 saturated heterocycles. The fourth-order valence-corrected chi connectivity index (χ4v) is 25.2. The zero-order valence-electron chi connectivity index (χ0n) is 78.1. The van der Waals surface area contributed by atoms with Crippen LogP contribution in [0, 0.1) is 13.8 Å². The summed E-state index contributed by atoms with van der Waals surface area (Å²) in [6.07, 6.45) is -2.79. The van der Waals surface area contributed by atoms with Gasteiger partial charge in [0.1, 0.15) is 16.2 Å². The number of aromatic nitrogens is 8. The summed E-state index contributed by atoms with van der Waals surface area (Å²) in [6.45, 7) is 3.72. The summed E-state index contributed by atoms with van der Waals surface area (Å²) in [6, 6.07) is 158. The number of rotatable bonds is 16. The van der Waals surface area contributed by atoms with Crippen molar-refractivity contribution >= 4 is 163 Å². The molecule has 8 heterocycles. The first-order chi connectivity index (χ1) is 70.1. The van der Waals surface area contributed by atoms with Crippen molar-refractivity contribution in [3.05, 3.63) is 558 Å². The van der Waals surface area contributed by atoms with Gasteiger partial charge in [-0.15, -0.1) is 0 Å². The summed E-state index contributed by atoms with van der Waals surface area (Å²) in [5.74, 6) is 0. The number of nitrogens with zero attached hydrogens (tertiary/aromatic N) is 8. The average Bonchev–Trinajstić information content (AvgIpc) is 0.750. The molecule has 0 amide bonds. The van der Waals surface area contributed by atoms with Crippen molar-refractivity contribution in [3.8, 4) is 22.6 Å². The van der Waals surface area contributed by atoms with Crippen LogP contribution in [0.1, 0.15) is 22.5 Å². The Balaban J connectivity index is 0.000000129. The molecule has 718 valence electrons. The Morgan fingerprint density at radius 1 is 0.283 bits per heavy atom. The van der Waals surface area contributed by atoms with Crippen molar-refractivity contribution < 1.29 is 56.8 Å². The maximum Gasteiger partial charge on any atom is 0.490 e. The van der Waals surface area contributed by atoms with Gasteiger partial charge in [0, 0.05) is 102 Å². The van der Waals surface area contributed by atoms with Crippen molar-refractivity contribution in [2.45, 2.75) is 26.2 Å². The van der Waals surface area contributed by atoms with Gasteiger partial charge < -0.3 is 10.0 Å². The maximum atomic E-state index is 13.3. The van der Waals surface area contributed by atoms with Crippen molar-refractivity contribution in [1.82, 2.24) is 39.0 Å². The van der Waals surface area contributed by atoms with E-state index in [1.165, 1.54) is 122 Å². The number of hydrogen-bond acceptors (Lipinski definition) is 10. The van der Waals surface area contributed by atoms with Crippen LogP contribution in [-0.4, -0.2) is 56.2 Å². The van der Waals surface area contributed by atoms with Crippen LogP contribution in [0.4, 0.5) is 26.3 Å². The molecule has 0 spiro atoms. The van der Waals surface area contributed by atoms with E-state index in [2.05, 4.69) is 389 Å². The molecule has 22 aromatic rings. The van der Waals surface area contributed by atoms with E-state index in [0.29, 0.717) is 55.0 Å². The molecule has 25 heteroatoms. The van der Waals surface area contributed by atoms with E-state index in [4.69, 9.17) is 26.6 Å². The summed E-state index contributed by atoms with van der Waals surface area (Å²) in [7, 11) is -3.19. The van der Waals surface area contributed by atoms with E-state index in [0.717, 1.165) is 41.2 Å². The van der Waals surface area contributed by atoms with Gasteiger partial charge >= 0.3 is 19.5 Å². The van der Waals surface area contributed by atoms with Gasteiger partial charge in [0.25, 0.3) is 11.1 Å². The molecule has 0 radical (unpaired) electrons. The van der Waals surface area contributed by atoms with Crippen LogP contribution >= 0.6 is 43.3 Å². The van der Waals surface area contributed by atoms with Gasteiger partial charge in [-0.3, -0.25) is 38.7 Å². The van der Waals surface area contributed by atoms with Crippen LogP contribution in [0.2, 0.25) is 5.15 Å². The topological polar surface area (TPSA) is 162 Å². The predicted octanol–water partition coefficient (Wildman–Crippen LogP) is 22.8. The average molecular weight is 2100 g/mol. The van der Waals surface area contributed by atoms with Crippen LogP contribution in [0.25, 0.3) is 66.5 Å². The first kappa shape index (κ1) is 104. The number of hydrogen-bond donors (Lipinski definition) is 2. The molecule has 0 aliphatic carbocycles. The van der Waals surface area contributed by atoms with E-state index in [1.54, 1.807) is 60.9 Å². The Kier molecular flexibility index (Phi) is 36.7. The number of aryl methyl sites for hydroxylation is 2. The number of halogens is 7. The van der Waals surface area contributed by atoms with Crippen molar-refractivity contribution in [2.24, 2.45) is 0 Å². The first-order valence-corrected chi connectivity index (χ1v) is 51.6. The molecule has 12 nitrogen and oxygen atoms in total. The number of benzene rings is 14. The molecule has 0 fully saturated rings. The van der Waals surface area contributed by atoms with E-state index < -0.39 is 73.4 Å². The van der Waals surface area contributed by atoms with Crippen LogP contribution < -0.4 is 80.2 Å². The zero-order chi connectivity index (χ0) is 100. The standard InChI is InChI=1S/C24H15F3N4O.C18H9ClF3N3O.4C18H15P.C6H8BNO2.Pd/c1-14-5-6-15(12-28-14)19-8-9-20-22(30-19)23-16(13-29-20)7-10-21(32)31(23)18-4-2-3-17(11-18)24(25,26)27;19-14-6-5-13-16(24-14)17-10(9-23-13)4-7-15(26)25(17)12-3-1-2-11(8-12)18(20,21)22;4*1-4-10-16(11-5-1)19(17-12-6-2-7-13-17)18-14-8-3-9-15-18;1-5-2-3-6(4-8-5)7(9)10;/h2-13H,1H3;1-9H;4*1-15H;2-4,9-10H,1H3;. The predicted molar refractivity (Wildman–Crippen MR) is 588 cm³/mol. The van der Waals surface area contributed by atoms with Gasteiger partial charge in [-0.05, 0) is 200 Å². The summed E-state index contributed by atoms with van der Waals surface area (Å²) in [4.78, 5) is 51.2. The van der Waals surface area contributed by atoms with Gasteiger partial charge in [0.15, 0.2) is 0 Å². The maximum absolute atomic E-state index is 13.3. The molecule has 0 aliphatic rings. The number of pyridine rings is 8. The second-order valence-electron chi connectivity index (χ2n) is 32.5. The molecule has 2 N–H and O–H groups in total. The van der Waals surface area contributed by atoms with Gasteiger partial charge in [-0.25, -0.2) is 9.97 Å². The van der Waals surface area contributed by atoms with Gasteiger partial charge in [-0.2, -0.15) is 26.3 Å². The van der Waals surface area contributed by atoms with E-state index in [9.17, 15) is 35.9 Å². The molecule has 0 bridgehead atoms. The SMILES string of the molecule is Cc1ccc(-c2ccc3ncc4ccc(=O)n(-c5cccc(C(F)(F)F)c5)c4c3n2)cn1.Cc1ccc(B(O)O)cn1.O=c1ccc2cnc3ccc(Cl)nc3c2n1-c1cccc(C(F)(F)F)c1.[Pd].c1ccc(P(c2ccccc2)c2ccccc2)cc1.c1ccc(P(c2ccccc2)c2ccccc2)cc1.c1ccc(P(c2ccccc2)c2ccccc2)cc1.c1ccc(P(c2ccccc2)c2ccccc2)cc1. The smallest absolute Gasteiger partial charge is 0.423 e. The van der Waals surface area contributed by atoms with E-state index in [1.807, 2.05) is 26.0 Å². The molecule has 0 aliphatic heterocycles. The second kappa shape index (κ2) is 50.9. The molecule has 14 aromatic carbocycles. The minimum Gasteiger partial charge on any atom is -0.423 e. The Labute approximate surface area is 860 Å². The third kappa shape index (κ3) is 27.6. The molecular weight excluding hydrogens is 2010 g/mol. The monoisotopic (exact) mass is 2100 g/mol. The van der Waals surface area contributed by atoms with Crippen LogP contribution in [0.5, 0.6) is 0 Å². The molecular formula is C120H92BClF6N8O4P4Pd. The van der Waals surface area contributed by atoms with Gasteiger partial charge in [-0.1, -0.05) is 394 Å². The fourth-order valence-electron chi connectivity index (χ4n) is 15.8. The minimum atomic E-state index is -4.53. The Bertz CT molecular complexity index is 7190. The van der Waals surface area contributed by atoms with Crippen molar-refractivity contribution in [2.75, 3.05) is 0 Å². The van der Waals surface area contributed by atoms with Crippen LogP contribution in [0.3, 0.4) is 0 Å². The number of fused-ring (bicyclic) bond motifs is 6. The second-order valence-corrected chi connectivity index (χ2v) is 41.7. The first-order valence-electron chi connectivity index (χ1n) is 45.8. The quantitative estimate of drug-likeness (QED) is 0.0313. The molecule has 0 saturated carbocycles. The van der Waals surface area contributed by atoms with Crippen molar-refractivity contribution in [3.63, 3.8) is 0 Å². The summed E-state index contributed by atoms with van der Waals surface area (Å²) < 4.78 is 81.6. The largest absolute Gasteiger partial charge is 0.490 e. The fraction of sp³-hybridized carbons (Fsp3) is 0.0333. The third-order valence-electron chi connectivity index (χ3n) is 22.6. The summed E-state index contributed by atoms with van der Waals surface area (Å²) >= 11 is 5.97. The Morgan fingerprint density at radius 3 is 0.807 bits per heavy atom. The Hall–Kier alpha value is -14.8. The third-order valence-corrected chi connectivity index (χ3v) is 32.6. The normalized spacial score (nSPS) is 11.0. The summed E-state index contributed by atoms with van der Waals surface area (Å²) in [5, 5.41) is 35.4. The molecule has 0 unspecified atom stereocenters. The minimum absolute atomic E-state index is 0. The van der Waals surface area contributed by atoms with Gasteiger partial charge in [0.2, 0.25) is 0 Å². The van der Waals surface area contributed by atoms with Crippen LogP contribution in [-0.2, 0) is 32.8 Å². The zero-order valence-corrected chi connectivity index (χ0v) is 84.0. The molecule has 8 aromatic heterocycles. The van der Waals surface area contributed by atoms with E-state index >= 15 is 0 Å². The van der Waals surface area contributed by atoms with Crippen LogP contribution in [0.15, 0.2) is 520 Å². The molecule has 145 heavy (non-hydrogen) atoms. The van der Waals surface area contributed by atoms with Gasteiger partial charge in [0.05, 0.1) is 38.9 Å². The molecule has 0 atom stereocenters.